The van der Waals surface area contributed by atoms with Crippen molar-refractivity contribution in [2.24, 2.45) is 0 Å². The summed E-state index contributed by atoms with van der Waals surface area (Å²) in [5, 5.41) is 4.86. The van der Waals surface area contributed by atoms with Gasteiger partial charge in [0.1, 0.15) is 5.57 Å². The third-order valence-corrected chi connectivity index (χ3v) is 4.52. The van der Waals surface area contributed by atoms with Gasteiger partial charge in [0.15, 0.2) is 0 Å². The molecule has 1 saturated heterocycles. The number of anilines is 1. The van der Waals surface area contributed by atoms with Crippen LogP contribution in [0.4, 0.5) is 10.5 Å². The van der Waals surface area contributed by atoms with E-state index in [0.29, 0.717) is 11.3 Å². The minimum atomic E-state index is -0.739. The van der Waals surface area contributed by atoms with Gasteiger partial charge in [-0.2, -0.15) is 0 Å². The van der Waals surface area contributed by atoms with Crippen LogP contribution < -0.4 is 10.6 Å². The number of likely N-dealkylation sites (N-methyl/N-ethyl adjacent to an activating group) is 1. The summed E-state index contributed by atoms with van der Waals surface area (Å²) in [6.07, 6.45) is 1.49. The first kappa shape index (κ1) is 19.1. The smallest absolute Gasteiger partial charge is 0.326 e. The second-order valence-corrected chi connectivity index (χ2v) is 6.57. The summed E-state index contributed by atoms with van der Waals surface area (Å²) < 4.78 is 1.98. The van der Waals surface area contributed by atoms with Crippen LogP contribution in [0.15, 0.2) is 35.9 Å². The zero-order chi connectivity index (χ0) is 20.6. The van der Waals surface area contributed by atoms with E-state index in [1.54, 1.807) is 12.1 Å². The van der Waals surface area contributed by atoms with E-state index in [1.807, 2.05) is 36.6 Å². The number of nitrogens with zero attached hydrogens (tertiary/aromatic N) is 2. The van der Waals surface area contributed by atoms with Crippen LogP contribution in [0.2, 0.25) is 0 Å². The van der Waals surface area contributed by atoms with Gasteiger partial charge in [0.2, 0.25) is 5.91 Å². The third kappa shape index (κ3) is 3.44. The van der Waals surface area contributed by atoms with Gasteiger partial charge < -0.3 is 9.88 Å². The Labute approximate surface area is 161 Å². The fraction of sp³-hybridized carbons (Fsp3) is 0.200. The van der Waals surface area contributed by atoms with Gasteiger partial charge in [-0.3, -0.25) is 24.6 Å². The van der Waals surface area contributed by atoms with E-state index in [-0.39, 0.29) is 11.5 Å². The molecule has 8 heteroatoms. The molecule has 0 saturated carbocycles. The molecule has 28 heavy (non-hydrogen) atoms. The first-order chi connectivity index (χ1) is 13.2. The van der Waals surface area contributed by atoms with Crippen molar-refractivity contribution >= 4 is 35.5 Å². The largest absolute Gasteiger partial charge is 0.331 e. The molecule has 2 aromatic rings. The van der Waals surface area contributed by atoms with Crippen LogP contribution in [0.5, 0.6) is 0 Å². The topological polar surface area (TPSA) is 101 Å². The average Bonchev–Trinajstić information content (AvgIpc) is 2.91. The summed E-state index contributed by atoms with van der Waals surface area (Å²) in [7, 11) is 1.32. The molecule has 0 radical (unpaired) electrons. The number of hydrogen-bond acceptors (Lipinski definition) is 4. The minimum absolute atomic E-state index is 0.0941. The molecule has 1 aromatic carbocycles. The maximum Gasteiger partial charge on any atom is 0.331 e. The lowest BCUT2D eigenvalue weighted by molar-refractivity contribution is -0.129. The van der Waals surface area contributed by atoms with E-state index in [4.69, 9.17) is 0 Å². The van der Waals surface area contributed by atoms with Gasteiger partial charge in [0.25, 0.3) is 11.8 Å². The molecule has 8 nitrogen and oxygen atoms in total. The lowest BCUT2D eigenvalue weighted by atomic mass is 10.1. The van der Waals surface area contributed by atoms with Crippen LogP contribution in [0.3, 0.4) is 0 Å². The summed E-state index contributed by atoms with van der Waals surface area (Å²) in [6.45, 7) is 5.23. The molecule has 1 aliphatic heterocycles. The van der Waals surface area contributed by atoms with Crippen LogP contribution in [0.25, 0.3) is 11.8 Å². The number of aryl methyl sites for hydroxylation is 1. The molecule has 144 valence electrons. The Morgan fingerprint density at radius 3 is 2.36 bits per heavy atom. The van der Waals surface area contributed by atoms with Gasteiger partial charge in [0.05, 0.1) is 0 Å². The normalized spacial score (nSPS) is 15.8. The van der Waals surface area contributed by atoms with E-state index in [9.17, 15) is 19.2 Å². The summed E-state index contributed by atoms with van der Waals surface area (Å²) in [5.74, 6) is -1.50. The molecule has 1 aliphatic rings. The van der Waals surface area contributed by atoms with Gasteiger partial charge in [0, 0.05) is 36.7 Å². The number of rotatable bonds is 3. The highest BCUT2D eigenvalue weighted by atomic mass is 16.2. The standard InChI is InChI=1S/C20H20N4O4/c1-11-9-14(10-17-18(26)22-20(28)23(4)19(17)27)12(2)24(11)16-7-5-15(6-8-16)21-13(3)25/h5-10H,1-4H3,(H,21,25)(H,22,26,28)/b17-10+. The van der Waals surface area contributed by atoms with Crippen molar-refractivity contribution in [2.45, 2.75) is 20.8 Å². The van der Waals surface area contributed by atoms with Gasteiger partial charge in [-0.1, -0.05) is 0 Å². The molecule has 1 fully saturated rings. The quantitative estimate of drug-likeness (QED) is 0.629. The Balaban J connectivity index is 1.98. The molecule has 5 amide bonds. The van der Waals surface area contributed by atoms with Crippen molar-refractivity contribution in [3.8, 4) is 5.69 Å². The number of carbonyl (C=O) groups is 4. The van der Waals surface area contributed by atoms with E-state index in [2.05, 4.69) is 10.6 Å². The summed E-state index contributed by atoms with van der Waals surface area (Å²) >= 11 is 0. The van der Waals surface area contributed by atoms with E-state index in [1.165, 1.54) is 20.0 Å². The minimum Gasteiger partial charge on any atom is -0.326 e. The molecule has 0 atom stereocenters. The van der Waals surface area contributed by atoms with Gasteiger partial charge >= 0.3 is 6.03 Å². The second-order valence-electron chi connectivity index (χ2n) is 6.57. The molecular formula is C20H20N4O4. The molecule has 1 aromatic heterocycles. The van der Waals surface area contributed by atoms with Crippen LogP contribution in [-0.4, -0.2) is 40.3 Å². The third-order valence-electron chi connectivity index (χ3n) is 4.52. The number of nitrogens with one attached hydrogen (secondary N) is 2. The van der Waals surface area contributed by atoms with Crippen LogP contribution >= 0.6 is 0 Å². The highest BCUT2D eigenvalue weighted by molar-refractivity contribution is 6.30. The molecule has 2 heterocycles. The summed E-state index contributed by atoms with van der Waals surface area (Å²) in [5.41, 5.74) is 3.91. The maximum atomic E-state index is 12.3. The number of hydrogen-bond donors (Lipinski definition) is 2. The number of amides is 5. The summed E-state index contributed by atoms with van der Waals surface area (Å²) in [4.78, 5) is 47.9. The zero-order valence-electron chi connectivity index (χ0n) is 16.0. The van der Waals surface area contributed by atoms with Crippen LogP contribution in [0.1, 0.15) is 23.9 Å². The number of urea groups is 1. The number of barbiturate groups is 1. The van der Waals surface area contributed by atoms with Gasteiger partial charge in [-0.15, -0.1) is 0 Å². The van der Waals surface area contributed by atoms with E-state index >= 15 is 0 Å². The Bertz CT molecular complexity index is 1030. The monoisotopic (exact) mass is 380 g/mol. The molecular weight excluding hydrogens is 360 g/mol. The van der Waals surface area contributed by atoms with Crippen molar-refractivity contribution in [3.63, 3.8) is 0 Å². The predicted molar refractivity (Wildman–Crippen MR) is 104 cm³/mol. The Morgan fingerprint density at radius 1 is 1.11 bits per heavy atom. The van der Waals surface area contributed by atoms with Crippen molar-refractivity contribution in [2.75, 3.05) is 12.4 Å². The molecule has 0 unspecified atom stereocenters. The second kappa shape index (κ2) is 7.15. The highest BCUT2D eigenvalue weighted by Crippen LogP contribution is 2.25. The SMILES string of the molecule is CC(=O)Nc1ccc(-n2c(C)cc(/C=C3\C(=O)NC(=O)N(C)C3=O)c2C)cc1. The fourth-order valence-corrected chi connectivity index (χ4v) is 3.13. The Morgan fingerprint density at radius 2 is 1.75 bits per heavy atom. The Hall–Kier alpha value is -3.68. The van der Waals surface area contributed by atoms with Crippen molar-refractivity contribution < 1.29 is 19.2 Å². The van der Waals surface area contributed by atoms with Gasteiger partial charge in [-0.05, 0) is 55.8 Å². The van der Waals surface area contributed by atoms with Crippen molar-refractivity contribution in [1.29, 1.82) is 0 Å². The highest BCUT2D eigenvalue weighted by Gasteiger charge is 2.33. The fourth-order valence-electron chi connectivity index (χ4n) is 3.13. The van der Waals surface area contributed by atoms with Crippen LogP contribution in [-0.2, 0) is 14.4 Å². The number of aromatic nitrogens is 1. The average molecular weight is 380 g/mol. The first-order valence-electron chi connectivity index (χ1n) is 8.61. The first-order valence-corrected chi connectivity index (χ1v) is 8.61. The maximum absolute atomic E-state index is 12.3. The number of carbonyl (C=O) groups excluding carboxylic acids is 4. The molecule has 0 aliphatic carbocycles. The predicted octanol–water partition coefficient (Wildman–Crippen LogP) is 2.14. The molecule has 2 N–H and O–H groups in total. The van der Waals surface area contributed by atoms with Crippen LogP contribution in [0, 0.1) is 13.8 Å². The van der Waals surface area contributed by atoms with Crippen molar-refractivity contribution in [1.82, 2.24) is 14.8 Å². The number of imide groups is 2. The molecule has 0 spiro atoms. The lowest BCUT2D eigenvalue weighted by Crippen LogP contribution is -2.52. The molecule has 0 bridgehead atoms. The number of benzene rings is 1. The summed E-state index contributed by atoms with van der Waals surface area (Å²) in [6, 6.07) is 8.46. The van der Waals surface area contributed by atoms with Crippen molar-refractivity contribution in [3.05, 3.63) is 52.9 Å². The molecule has 3 rings (SSSR count). The van der Waals surface area contributed by atoms with E-state index < -0.39 is 17.8 Å². The lowest BCUT2D eigenvalue weighted by Gasteiger charge is -2.22. The van der Waals surface area contributed by atoms with Gasteiger partial charge in [-0.25, -0.2) is 4.79 Å². The zero-order valence-corrected chi connectivity index (χ0v) is 16.0. The Kier molecular flexibility index (Phi) is 4.87. The van der Waals surface area contributed by atoms with E-state index in [0.717, 1.165) is 22.0 Å².